The molecule has 0 spiro atoms. The summed E-state index contributed by atoms with van der Waals surface area (Å²) in [6, 6.07) is 0.00129. The topological polar surface area (TPSA) is 77.8 Å². The van der Waals surface area contributed by atoms with Crippen molar-refractivity contribution in [1.82, 2.24) is 4.90 Å². The van der Waals surface area contributed by atoms with Gasteiger partial charge in [-0.25, -0.2) is 13.2 Å². The maximum absolute atomic E-state index is 14.5. The molecule has 2 heterocycles. The summed E-state index contributed by atoms with van der Waals surface area (Å²) in [6.45, 7) is 3.90. The lowest BCUT2D eigenvalue weighted by molar-refractivity contribution is -0.138. The van der Waals surface area contributed by atoms with Gasteiger partial charge < -0.3 is 14.7 Å². The summed E-state index contributed by atoms with van der Waals surface area (Å²) in [5.74, 6) is -4.24. The molecule has 0 radical (unpaired) electrons. The first-order chi connectivity index (χ1) is 12.6. The highest BCUT2D eigenvalue weighted by atomic mass is 31.2. The number of rotatable bonds is 4. The fourth-order valence-corrected chi connectivity index (χ4v) is 5.78. The van der Waals surface area contributed by atoms with E-state index in [0.717, 1.165) is 6.07 Å². The molecular formula is C18H23F3NO4P. The molecule has 2 aliphatic rings. The van der Waals surface area contributed by atoms with Crippen LogP contribution in [0.4, 0.5) is 13.2 Å². The predicted octanol–water partition coefficient (Wildman–Crippen LogP) is 3.89. The lowest BCUT2D eigenvalue weighted by Crippen LogP contribution is -2.51. The van der Waals surface area contributed by atoms with E-state index in [1.807, 2.05) is 13.8 Å². The second-order valence-corrected chi connectivity index (χ2v) is 9.32. The molecule has 0 aliphatic carbocycles. The first-order valence-electron chi connectivity index (χ1n) is 9.07. The molecule has 5 nitrogen and oxygen atoms in total. The Morgan fingerprint density at radius 3 is 2.26 bits per heavy atom. The van der Waals surface area contributed by atoms with E-state index >= 15 is 0 Å². The first kappa shape index (κ1) is 20.4. The van der Waals surface area contributed by atoms with E-state index in [0.29, 0.717) is 31.7 Å². The van der Waals surface area contributed by atoms with Gasteiger partial charge in [-0.1, -0.05) is 13.8 Å². The van der Waals surface area contributed by atoms with Gasteiger partial charge in [-0.2, -0.15) is 0 Å². The zero-order valence-corrected chi connectivity index (χ0v) is 16.1. The fraction of sp³-hybridized carbons (Fsp3) is 0.611. The lowest BCUT2D eigenvalue weighted by atomic mass is 9.72. The highest BCUT2D eigenvalue weighted by Gasteiger charge is 2.57. The summed E-state index contributed by atoms with van der Waals surface area (Å²) in [5, 5.41) is 0. The van der Waals surface area contributed by atoms with Gasteiger partial charge in [0.15, 0.2) is 11.6 Å². The summed E-state index contributed by atoms with van der Waals surface area (Å²) >= 11 is 0. The van der Waals surface area contributed by atoms with E-state index in [4.69, 9.17) is 0 Å². The van der Waals surface area contributed by atoms with Crippen LogP contribution in [0.3, 0.4) is 0 Å². The van der Waals surface area contributed by atoms with Crippen molar-refractivity contribution in [3.8, 4) is 0 Å². The van der Waals surface area contributed by atoms with Gasteiger partial charge in [0.1, 0.15) is 11.5 Å². The molecule has 1 aromatic rings. The molecule has 0 aromatic heterocycles. The quantitative estimate of drug-likeness (QED) is 0.589. The Labute approximate surface area is 155 Å². The van der Waals surface area contributed by atoms with Crippen LogP contribution in [-0.4, -0.2) is 32.3 Å². The minimum atomic E-state index is -4.67. The minimum absolute atomic E-state index is 0.0546. The summed E-state index contributed by atoms with van der Waals surface area (Å²) in [6.07, 6.45) is 2.14. The molecule has 0 saturated carbocycles. The lowest BCUT2D eigenvalue weighted by Gasteiger charge is -2.43. The molecule has 3 atom stereocenters. The Morgan fingerprint density at radius 2 is 1.70 bits per heavy atom. The Balaban J connectivity index is 2.12. The predicted molar refractivity (Wildman–Crippen MR) is 92.4 cm³/mol. The van der Waals surface area contributed by atoms with Crippen LogP contribution in [-0.2, 0) is 9.36 Å². The standard InChI is InChI=1S/C18H23F3NO4P/c1-3-18(4-2)9-14(10-7-12(20)13(21)8-11(10)19)22-16(18)6-5-15(17(22)23)27(24,25)26/h7-8,14-16H,3-6,9H2,1-2H3,(H2,24,25,26)/t14-,15?,16+/m0/s1. The zero-order chi connectivity index (χ0) is 20.1. The number of benzene rings is 1. The molecule has 1 aromatic carbocycles. The summed E-state index contributed by atoms with van der Waals surface area (Å²) in [5.41, 5.74) is -1.99. The largest absolute Gasteiger partial charge is 0.337 e. The zero-order valence-electron chi connectivity index (χ0n) is 15.2. The molecule has 0 bridgehead atoms. The van der Waals surface area contributed by atoms with Gasteiger partial charge in [0, 0.05) is 17.7 Å². The second kappa shape index (κ2) is 6.90. The monoisotopic (exact) mass is 405 g/mol. The van der Waals surface area contributed by atoms with Gasteiger partial charge >= 0.3 is 7.60 Å². The number of piperidine rings is 1. The van der Waals surface area contributed by atoms with Crippen LogP contribution in [0.2, 0.25) is 0 Å². The Bertz CT molecular complexity index is 808. The maximum atomic E-state index is 14.5. The molecule has 2 saturated heterocycles. The van der Waals surface area contributed by atoms with E-state index in [1.165, 1.54) is 4.90 Å². The van der Waals surface area contributed by atoms with E-state index < -0.39 is 42.7 Å². The molecule has 1 unspecified atom stereocenters. The van der Waals surface area contributed by atoms with Crippen molar-refractivity contribution in [2.24, 2.45) is 5.41 Å². The normalized spacial score (nSPS) is 27.7. The number of carbonyl (C=O) groups is 1. The first-order valence-corrected chi connectivity index (χ1v) is 10.8. The van der Waals surface area contributed by atoms with Crippen LogP contribution < -0.4 is 0 Å². The van der Waals surface area contributed by atoms with E-state index in [9.17, 15) is 32.3 Å². The number of carbonyl (C=O) groups excluding carboxylic acids is 1. The van der Waals surface area contributed by atoms with Crippen LogP contribution in [0.5, 0.6) is 0 Å². The number of hydrogen-bond acceptors (Lipinski definition) is 2. The number of fused-ring (bicyclic) bond motifs is 1. The van der Waals surface area contributed by atoms with E-state index in [2.05, 4.69) is 0 Å². The highest BCUT2D eigenvalue weighted by Crippen LogP contribution is 2.58. The Morgan fingerprint density at radius 1 is 1.11 bits per heavy atom. The van der Waals surface area contributed by atoms with Gasteiger partial charge in [0.05, 0.1) is 6.04 Å². The van der Waals surface area contributed by atoms with E-state index in [-0.39, 0.29) is 23.4 Å². The van der Waals surface area contributed by atoms with Crippen LogP contribution >= 0.6 is 7.60 Å². The van der Waals surface area contributed by atoms with Crippen molar-refractivity contribution in [1.29, 1.82) is 0 Å². The van der Waals surface area contributed by atoms with Crippen molar-refractivity contribution in [3.63, 3.8) is 0 Å². The average Bonchev–Trinajstić information content (AvgIpc) is 2.93. The third-order valence-electron chi connectivity index (χ3n) is 6.44. The third-order valence-corrected chi connectivity index (χ3v) is 7.74. The Hall–Kier alpha value is -1.37. The molecule has 9 heteroatoms. The number of amides is 1. The van der Waals surface area contributed by atoms with Gasteiger partial charge in [-0.15, -0.1) is 0 Å². The molecule has 1 amide bonds. The Kier molecular flexibility index (Phi) is 5.21. The number of nitrogens with zero attached hydrogens (tertiary/aromatic N) is 1. The van der Waals surface area contributed by atoms with Crippen molar-refractivity contribution >= 4 is 13.5 Å². The molecule has 150 valence electrons. The van der Waals surface area contributed by atoms with E-state index in [1.54, 1.807) is 0 Å². The van der Waals surface area contributed by atoms with Gasteiger partial charge in [-0.3, -0.25) is 9.36 Å². The number of halogens is 3. The molecule has 2 aliphatic heterocycles. The summed E-state index contributed by atoms with van der Waals surface area (Å²) < 4.78 is 53.4. The average molecular weight is 405 g/mol. The van der Waals surface area contributed by atoms with Crippen molar-refractivity contribution in [2.75, 3.05) is 0 Å². The summed E-state index contributed by atoms with van der Waals surface area (Å²) in [7, 11) is -4.67. The highest BCUT2D eigenvalue weighted by molar-refractivity contribution is 7.53. The smallest absolute Gasteiger partial charge is 0.331 e. The second-order valence-electron chi connectivity index (χ2n) is 7.52. The molecule has 2 N–H and O–H groups in total. The van der Waals surface area contributed by atoms with Crippen molar-refractivity contribution in [3.05, 3.63) is 35.1 Å². The number of hydrogen-bond donors (Lipinski definition) is 2. The van der Waals surface area contributed by atoms with Crippen LogP contribution in [0, 0.1) is 22.9 Å². The minimum Gasteiger partial charge on any atom is -0.331 e. The van der Waals surface area contributed by atoms with Crippen molar-refractivity contribution in [2.45, 2.75) is 63.7 Å². The molecule has 2 fully saturated rings. The van der Waals surface area contributed by atoms with Crippen LogP contribution in [0.1, 0.15) is 57.6 Å². The van der Waals surface area contributed by atoms with Crippen LogP contribution in [0.25, 0.3) is 0 Å². The van der Waals surface area contributed by atoms with Gasteiger partial charge in [-0.05, 0) is 43.6 Å². The molecule has 3 rings (SSSR count). The maximum Gasteiger partial charge on any atom is 0.337 e. The fourth-order valence-electron chi connectivity index (χ4n) is 4.87. The van der Waals surface area contributed by atoms with Gasteiger partial charge in [0.2, 0.25) is 5.91 Å². The van der Waals surface area contributed by atoms with Crippen LogP contribution in [0.15, 0.2) is 12.1 Å². The summed E-state index contributed by atoms with van der Waals surface area (Å²) in [4.78, 5) is 33.4. The van der Waals surface area contributed by atoms with Crippen molar-refractivity contribution < 1.29 is 32.3 Å². The third kappa shape index (κ3) is 3.22. The molecule has 27 heavy (non-hydrogen) atoms. The SMILES string of the molecule is CCC1(CC)C[C@@H](c2cc(F)c(F)cc2F)N2C(=O)C(P(=O)(O)O)CC[C@@H]21. The van der Waals surface area contributed by atoms with Gasteiger partial charge in [0.25, 0.3) is 0 Å². The molecular weight excluding hydrogens is 382 g/mol.